The Bertz CT molecular complexity index is 928. The van der Waals surface area contributed by atoms with Gasteiger partial charge < -0.3 is 14.8 Å². The molecule has 1 aliphatic rings. The fourth-order valence-corrected chi connectivity index (χ4v) is 4.00. The van der Waals surface area contributed by atoms with Crippen LogP contribution >= 0.6 is 46.6 Å². The van der Waals surface area contributed by atoms with Gasteiger partial charge in [0.2, 0.25) is 0 Å². The maximum absolute atomic E-state index is 12.3. The molecule has 2 aromatic rings. The molecule has 0 unspecified atom stereocenters. The van der Waals surface area contributed by atoms with Gasteiger partial charge in [0, 0.05) is 0 Å². The SMILES string of the molecule is COc1cc(/C=C2/SC(=S)NC2=O)cc(I)c1OC(=O)c1ccccc1. The van der Waals surface area contributed by atoms with Crippen LogP contribution in [0.25, 0.3) is 6.08 Å². The highest BCUT2D eigenvalue weighted by atomic mass is 127. The summed E-state index contributed by atoms with van der Waals surface area (Å²) in [5.41, 5.74) is 1.19. The quantitative estimate of drug-likeness (QED) is 0.227. The van der Waals surface area contributed by atoms with Crippen molar-refractivity contribution in [3.63, 3.8) is 0 Å². The number of hydrogen-bond donors (Lipinski definition) is 1. The Morgan fingerprint density at radius 3 is 2.62 bits per heavy atom. The first-order valence-electron chi connectivity index (χ1n) is 7.37. The summed E-state index contributed by atoms with van der Waals surface area (Å²) in [5.74, 6) is 0.0414. The van der Waals surface area contributed by atoms with Gasteiger partial charge in [-0.2, -0.15) is 0 Å². The lowest BCUT2D eigenvalue weighted by Gasteiger charge is -2.12. The fraction of sp³-hybridized carbons (Fsp3) is 0.0556. The first-order valence-corrected chi connectivity index (χ1v) is 9.68. The number of thioether (sulfide) groups is 1. The molecule has 132 valence electrons. The molecule has 0 aliphatic carbocycles. The number of methoxy groups -OCH3 is 1. The van der Waals surface area contributed by atoms with Crippen molar-refractivity contribution < 1.29 is 19.1 Å². The third-order valence-corrected chi connectivity index (χ3v) is 5.36. The molecule has 2 aromatic carbocycles. The van der Waals surface area contributed by atoms with Crippen molar-refractivity contribution in [2.45, 2.75) is 0 Å². The van der Waals surface area contributed by atoms with E-state index in [-0.39, 0.29) is 5.91 Å². The van der Waals surface area contributed by atoms with Crippen LogP contribution in [0.2, 0.25) is 0 Å². The van der Waals surface area contributed by atoms with E-state index in [1.807, 2.05) is 6.07 Å². The smallest absolute Gasteiger partial charge is 0.343 e. The molecule has 8 heteroatoms. The number of hydrogen-bond acceptors (Lipinski definition) is 6. The topological polar surface area (TPSA) is 64.6 Å². The second-order valence-electron chi connectivity index (χ2n) is 5.14. The predicted octanol–water partition coefficient (Wildman–Crippen LogP) is 4.01. The third kappa shape index (κ3) is 4.25. The standard InChI is InChI=1S/C18H12INO4S2/c1-23-13-8-10(9-14-16(21)20-18(25)26-14)7-12(19)15(13)24-17(22)11-5-3-2-4-6-11/h2-9H,1H3,(H,20,21,25)/b14-9+. The lowest BCUT2D eigenvalue weighted by Crippen LogP contribution is -2.17. The van der Waals surface area contributed by atoms with Crippen molar-refractivity contribution in [3.8, 4) is 11.5 Å². The average molecular weight is 497 g/mol. The van der Waals surface area contributed by atoms with Gasteiger partial charge in [0.1, 0.15) is 4.32 Å². The maximum Gasteiger partial charge on any atom is 0.343 e. The van der Waals surface area contributed by atoms with Crippen LogP contribution in [0.15, 0.2) is 47.4 Å². The zero-order chi connectivity index (χ0) is 18.7. The van der Waals surface area contributed by atoms with E-state index in [1.165, 1.54) is 18.9 Å². The van der Waals surface area contributed by atoms with Gasteiger partial charge in [-0.25, -0.2) is 4.79 Å². The minimum Gasteiger partial charge on any atom is -0.493 e. The minimum absolute atomic E-state index is 0.228. The normalized spacial score (nSPS) is 15.1. The van der Waals surface area contributed by atoms with Crippen molar-refractivity contribution in [1.82, 2.24) is 5.32 Å². The fourth-order valence-electron chi connectivity index (χ4n) is 2.22. The Labute approximate surface area is 173 Å². The molecular formula is C18H12INO4S2. The van der Waals surface area contributed by atoms with Gasteiger partial charge >= 0.3 is 5.97 Å². The molecule has 1 amide bonds. The van der Waals surface area contributed by atoms with Crippen LogP contribution in [0.1, 0.15) is 15.9 Å². The number of esters is 1. The molecule has 5 nitrogen and oxygen atoms in total. The van der Waals surface area contributed by atoms with Crippen molar-refractivity contribution in [1.29, 1.82) is 0 Å². The molecule has 1 saturated heterocycles. The van der Waals surface area contributed by atoms with Gasteiger partial charge in [-0.15, -0.1) is 0 Å². The number of ether oxygens (including phenoxy) is 2. The van der Waals surface area contributed by atoms with Crippen LogP contribution in [0, 0.1) is 3.57 Å². The average Bonchev–Trinajstić information content (AvgIpc) is 2.94. The summed E-state index contributed by atoms with van der Waals surface area (Å²) in [6.45, 7) is 0. The summed E-state index contributed by atoms with van der Waals surface area (Å²) in [6, 6.07) is 12.2. The van der Waals surface area contributed by atoms with E-state index < -0.39 is 5.97 Å². The number of carbonyl (C=O) groups excluding carboxylic acids is 2. The van der Waals surface area contributed by atoms with Crippen LogP contribution in [0.4, 0.5) is 0 Å². The molecule has 0 radical (unpaired) electrons. The van der Waals surface area contributed by atoms with Crippen LogP contribution in [-0.2, 0) is 4.79 Å². The van der Waals surface area contributed by atoms with Gasteiger partial charge in [0.15, 0.2) is 11.5 Å². The minimum atomic E-state index is -0.469. The number of rotatable bonds is 4. The largest absolute Gasteiger partial charge is 0.493 e. The zero-order valence-electron chi connectivity index (χ0n) is 13.4. The number of carbonyl (C=O) groups is 2. The highest BCUT2D eigenvalue weighted by Gasteiger charge is 2.23. The van der Waals surface area contributed by atoms with E-state index in [2.05, 4.69) is 27.9 Å². The summed E-state index contributed by atoms with van der Waals surface area (Å²) in [6.07, 6.45) is 1.72. The molecule has 26 heavy (non-hydrogen) atoms. The number of thiocarbonyl (C=S) groups is 1. The van der Waals surface area contributed by atoms with Crippen LogP contribution < -0.4 is 14.8 Å². The summed E-state index contributed by atoms with van der Waals surface area (Å²) in [5, 5.41) is 2.57. The van der Waals surface area contributed by atoms with Crippen molar-refractivity contribution in [2.24, 2.45) is 0 Å². The molecule has 0 saturated carbocycles. The third-order valence-electron chi connectivity index (χ3n) is 3.40. The Morgan fingerprint density at radius 1 is 1.27 bits per heavy atom. The second-order valence-corrected chi connectivity index (χ2v) is 8.02. The van der Waals surface area contributed by atoms with Crippen molar-refractivity contribution >= 4 is 68.8 Å². The first-order chi connectivity index (χ1) is 12.5. The first kappa shape index (κ1) is 18.9. The highest BCUT2D eigenvalue weighted by Crippen LogP contribution is 2.36. The van der Waals surface area contributed by atoms with E-state index in [1.54, 1.807) is 42.5 Å². The Balaban J connectivity index is 1.91. The molecule has 1 aliphatic heterocycles. The van der Waals surface area contributed by atoms with E-state index in [9.17, 15) is 9.59 Å². The molecule has 1 N–H and O–H groups in total. The van der Waals surface area contributed by atoms with Crippen molar-refractivity contribution in [3.05, 3.63) is 62.1 Å². The van der Waals surface area contributed by atoms with Gasteiger partial charge in [-0.1, -0.05) is 42.2 Å². The molecule has 0 aromatic heterocycles. The Kier molecular flexibility index (Phi) is 5.94. The van der Waals surface area contributed by atoms with E-state index in [4.69, 9.17) is 21.7 Å². The van der Waals surface area contributed by atoms with E-state index in [0.29, 0.717) is 29.9 Å². The summed E-state index contributed by atoms with van der Waals surface area (Å²) in [7, 11) is 1.49. The molecule has 0 spiro atoms. The number of halogens is 1. The van der Waals surface area contributed by atoms with Gasteiger partial charge in [-0.3, -0.25) is 4.79 Å². The zero-order valence-corrected chi connectivity index (χ0v) is 17.2. The lowest BCUT2D eigenvalue weighted by molar-refractivity contribution is -0.115. The highest BCUT2D eigenvalue weighted by molar-refractivity contribution is 14.1. The molecule has 1 heterocycles. The number of nitrogens with one attached hydrogen (secondary N) is 1. The number of amides is 1. The second kappa shape index (κ2) is 8.19. The van der Waals surface area contributed by atoms with Crippen molar-refractivity contribution in [2.75, 3.05) is 7.11 Å². The van der Waals surface area contributed by atoms with E-state index in [0.717, 1.165) is 5.56 Å². The van der Waals surface area contributed by atoms with Gasteiger partial charge in [-0.05, 0) is 58.5 Å². The van der Waals surface area contributed by atoms with Crippen LogP contribution in [0.5, 0.6) is 11.5 Å². The molecule has 1 fully saturated rings. The van der Waals surface area contributed by atoms with Gasteiger partial charge in [0.05, 0.1) is 21.1 Å². The predicted molar refractivity (Wildman–Crippen MR) is 113 cm³/mol. The summed E-state index contributed by atoms with van der Waals surface area (Å²) < 4.78 is 12.0. The maximum atomic E-state index is 12.3. The Morgan fingerprint density at radius 2 is 2.00 bits per heavy atom. The van der Waals surface area contributed by atoms with Crippen LogP contribution in [0.3, 0.4) is 0 Å². The Hall–Kier alpha value is -1.91. The number of benzene rings is 2. The monoisotopic (exact) mass is 497 g/mol. The summed E-state index contributed by atoms with van der Waals surface area (Å²) in [4.78, 5) is 24.6. The van der Waals surface area contributed by atoms with E-state index >= 15 is 0 Å². The summed E-state index contributed by atoms with van der Waals surface area (Å²) >= 11 is 8.25. The molecule has 0 atom stereocenters. The lowest BCUT2D eigenvalue weighted by atomic mass is 10.1. The molecule has 3 rings (SSSR count). The van der Waals surface area contributed by atoms with Gasteiger partial charge in [0.25, 0.3) is 5.91 Å². The molecular weight excluding hydrogens is 485 g/mol. The molecule has 0 bridgehead atoms. The van der Waals surface area contributed by atoms with Crippen LogP contribution in [-0.4, -0.2) is 23.3 Å².